The Morgan fingerprint density at radius 3 is 2.86 bits per heavy atom. The maximum atomic E-state index is 12.9. The molecule has 1 atom stereocenters. The minimum absolute atomic E-state index is 0.219. The quantitative estimate of drug-likeness (QED) is 0.224. The Balaban J connectivity index is 1.35. The fourth-order valence-corrected chi connectivity index (χ4v) is 4.10. The minimum Gasteiger partial charge on any atom is -0.464 e. The molecule has 0 bridgehead atoms. The van der Waals surface area contributed by atoms with Crippen molar-refractivity contribution in [3.05, 3.63) is 94.6 Å². The second-order valence-electron chi connectivity index (χ2n) is 7.81. The number of halogens is 2. The average molecular weight is 507 g/mol. The first kappa shape index (κ1) is 22.9. The number of carbonyl (C=O) groups excluding carboxylic acids is 1. The zero-order valence-corrected chi connectivity index (χ0v) is 19.8. The monoisotopic (exact) mass is 506 g/mol. The number of benzene rings is 2. The molecule has 0 fully saturated rings. The Hall–Kier alpha value is -3.85. The molecule has 2 aromatic carbocycles. The highest BCUT2D eigenvalue weighted by Crippen LogP contribution is 2.29. The summed E-state index contributed by atoms with van der Waals surface area (Å²) in [6, 6.07) is 16.1. The number of furan rings is 1. The van der Waals surface area contributed by atoms with Crippen molar-refractivity contribution in [2.24, 2.45) is 5.73 Å². The van der Waals surface area contributed by atoms with E-state index in [9.17, 15) is 4.79 Å². The van der Waals surface area contributed by atoms with Crippen molar-refractivity contribution in [3.8, 4) is 11.3 Å². The number of nitrogens with zero attached hydrogens (tertiary/aromatic N) is 2. The summed E-state index contributed by atoms with van der Waals surface area (Å²) in [4.78, 5) is 24.7. The van der Waals surface area contributed by atoms with E-state index in [0.717, 1.165) is 22.2 Å². The number of nitrogens with two attached hydrogens (primary N) is 1. The molecule has 5 rings (SSSR count). The number of hydrogen-bond donors (Lipinski definition) is 4. The Morgan fingerprint density at radius 1 is 1.14 bits per heavy atom. The minimum atomic E-state index is -0.390. The van der Waals surface area contributed by atoms with Crippen LogP contribution in [0, 0.1) is 0 Å². The molecule has 0 unspecified atom stereocenters. The number of fused-ring (bicyclic) bond motifs is 1. The molecule has 35 heavy (non-hydrogen) atoms. The van der Waals surface area contributed by atoms with Crippen LogP contribution >= 0.6 is 23.2 Å². The van der Waals surface area contributed by atoms with Gasteiger partial charge in [0.05, 0.1) is 29.2 Å². The summed E-state index contributed by atoms with van der Waals surface area (Å²) in [5.41, 5.74) is 9.77. The van der Waals surface area contributed by atoms with E-state index in [4.69, 9.17) is 33.4 Å². The second-order valence-corrected chi connectivity index (χ2v) is 8.65. The van der Waals surface area contributed by atoms with Crippen LogP contribution < -0.4 is 16.4 Å². The number of rotatable bonds is 7. The van der Waals surface area contributed by atoms with Gasteiger partial charge in [-0.15, -0.1) is 0 Å². The number of nitrogens with one attached hydrogen (secondary N) is 3. The first-order valence-electron chi connectivity index (χ1n) is 10.7. The van der Waals surface area contributed by atoms with Crippen LogP contribution in [0.3, 0.4) is 0 Å². The lowest BCUT2D eigenvalue weighted by molar-refractivity contribution is 0.0933. The van der Waals surface area contributed by atoms with Crippen LogP contribution in [-0.4, -0.2) is 27.4 Å². The molecule has 0 saturated carbocycles. The van der Waals surface area contributed by atoms with Gasteiger partial charge in [-0.3, -0.25) is 4.79 Å². The van der Waals surface area contributed by atoms with Crippen molar-refractivity contribution >= 4 is 51.7 Å². The second kappa shape index (κ2) is 9.79. The van der Waals surface area contributed by atoms with Crippen LogP contribution in [0.4, 0.5) is 11.6 Å². The van der Waals surface area contributed by atoms with Crippen molar-refractivity contribution in [2.45, 2.75) is 6.04 Å². The predicted molar refractivity (Wildman–Crippen MR) is 137 cm³/mol. The molecule has 5 aromatic rings. The molecule has 10 heteroatoms. The summed E-state index contributed by atoms with van der Waals surface area (Å²) in [5, 5.41) is 7.98. The van der Waals surface area contributed by atoms with Crippen molar-refractivity contribution in [2.75, 3.05) is 11.9 Å². The number of amides is 1. The number of hydrogen-bond acceptors (Lipinski definition) is 6. The summed E-state index contributed by atoms with van der Waals surface area (Å²) in [6.45, 7) is 0.219. The molecule has 8 nitrogen and oxygen atoms in total. The zero-order valence-electron chi connectivity index (χ0n) is 18.3. The highest BCUT2D eigenvalue weighted by molar-refractivity contribution is 6.33. The highest BCUT2D eigenvalue weighted by atomic mass is 35.5. The third-order valence-corrected chi connectivity index (χ3v) is 5.96. The van der Waals surface area contributed by atoms with Crippen LogP contribution in [0.25, 0.3) is 22.2 Å². The van der Waals surface area contributed by atoms with E-state index in [-0.39, 0.29) is 18.5 Å². The maximum Gasteiger partial charge on any atom is 0.268 e. The highest BCUT2D eigenvalue weighted by Gasteiger charge is 2.18. The van der Waals surface area contributed by atoms with Gasteiger partial charge < -0.3 is 25.8 Å². The van der Waals surface area contributed by atoms with Gasteiger partial charge in [0.2, 0.25) is 5.95 Å². The number of H-pyrrole nitrogens is 1. The van der Waals surface area contributed by atoms with Crippen LogP contribution in [0.5, 0.6) is 0 Å². The number of aromatic nitrogens is 3. The fourth-order valence-electron chi connectivity index (χ4n) is 3.70. The van der Waals surface area contributed by atoms with Gasteiger partial charge in [-0.25, -0.2) is 9.97 Å². The standard InChI is InChI=1S/C25H20Cl2N6O2/c26-17-3-1-2-14(8-17)21(11-28)32-24(34)20-10-16(12-29-20)23-19(27)13-30-25(33-23)31-18-4-5-22-15(9-18)6-7-35-22/h1-10,12-13,21,29H,11,28H2,(H,32,34)(H,30,31,33)/t21-/m1/s1. The number of aromatic amines is 1. The fraction of sp³-hybridized carbons (Fsp3) is 0.0800. The van der Waals surface area contributed by atoms with Gasteiger partial charge in [0, 0.05) is 34.4 Å². The van der Waals surface area contributed by atoms with E-state index < -0.39 is 0 Å². The summed E-state index contributed by atoms with van der Waals surface area (Å²) in [6.07, 6.45) is 4.82. The molecule has 0 saturated heterocycles. The zero-order chi connectivity index (χ0) is 24.4. The van der Waals surface area contributed by atoms with Gasteiger partial charge in [0.25, 0.3) is 5.91 Å². The summed E-state index contributed by atoms with van der Waals surface area (Å²) in [7, 11) is 0. The first-order chi connectivity index (χ1) is 17.0. The molecular weight excluding hydrogens is 487 g/mol. The van der Waals surface area contributed by atoms with E-state index in [1.165, 1.54) is 6.20 Å². The summed E-state index contributed by atoms with van der Waals surface area (Å²) in [5.74, 6) is 0.0483. The Kier molecular flexibility index (Phi) is 6.41. The Bertz CT molecular complexity index is 1510. The van der Waals surface area contributed by atoms with Crippen LogP contribution in [0.2, 0.25) is 10.0 Å². The summed E-state index contributed by atoms with van der Waals surface area (Å²) >= 11 is 12.5. The topological polar surface area (TPSA) is 122 Å². The van der Waals surface area contributed by atoms with Crippen molar-refractivity contribution in [1.82, 2.24) is 20.3 Å². The molecule has 3 aromatic heterocycles. The molecule has 0 spiro atoms. The smallest absolute Gasteiger partial charge is 0.268 e. The molecule has 176 valence electrons. The average Bonchev–Trinajstić information content (AvgIpc) is 3.53. The van der Waals surface area contributed by atoms with E-state index in [2.05, 4.69) is 25.6 Å². The molecule has 0 aliphatic rings. The van der Waals surface area contributed by atoms with Gasteiger partial charge in [0.1, 0.15) is 11.3 Å². The van der Waals surface area contributed by atoms with Crippen molar-refractivity contribution in [3.63, 3.8) is 0 Å². The van der Waals surface area contributed by atoms with Crippen LogP contribution in [-0.2, 0) is 0 Å². The lowest BCUT2D eigenvalue weighted by atomic mass is 10.1. The summed E-state index contributed by atoms with van der Waals surface area (Å²) < 4.78 is 5.37. The van der Waals surface area contributed by atoms with E-state index in [1.54, 1.807) is 30.7 Å². The third kappa shape index (κ3) is 5.00. The predicted octanol–water partition coefficient (Wildman–Crippen LogP) is 5.70. The van der Waals surface area contributed by atoms with Crippen molar-refractivity contribution in [1.29, 1.82) is 0 Å². The van der Waals surface area contributed by atoms with Crippen LogP contribution in [0.1, 0.15) is 22.1 Å². The molecule has 1 amide bonds. The van der Waals surface area contributed by atoms with Gasteiger partial charge in [0.15, 0.2) is 0 Å². The lowest BCUT2D eigenvalue weighted by Crippen LogP contribution is -2.33. The van der Waals surface area contributed by atoms with E-state index in [1.807, 2.05) is 36.4 Å². The van der Waals surface area contributed by atoms with Gasteiger partial charge in [-0.05, 0) is 48.0 Å². The molecular formula is C25H20Cl2N6O2. The molecule has 0 aliphatic heterocycles. The number of carbonyl (C=O) groups is 1. The van der Waals surface area contributed by atoms with Crippen molar-refractivity contribution < 1.29 is 9.21 Å². The molecule has 0 aliphatic carbocycles. The molecule has 3 heterocycles. The Labute approximate surface area is 210 Å². The van der Waals surface area contributed by atoms with Gasteiger partial charge in [-0.1, -0.05) is 35.3 Å². The first-order valence-corrected chi connectivity index (χ1v) is 11.5. The number of anilines is 2. The largest absolute Gasteiger partial charge is 0.464 e. The lowest BCUT2D eigenvalue weighted by Gasteiger charge is -2.17. The van der Waals surface area contributed by atoms with Gasteiger partial charge >= 0.3 is 0 Å². The van der Waals surface area contributed by atoms with E-state index in [0.29, 0.717) is 32.9 Å². The third-order valence-electron chi connectivity index (χ3n) is 5.45. The van der Waals surface area contributed by atoms with Gasteiger partial charge in [-0.2, -0.15) is 0 Å². The Morgan fingerprint density at radius 2 is 2.03 bits per heavy atom. The SMILES string of the molecule is NC[C@@H](NC(=O)c1cc(-c2nc(Nc3ccc4occc4c3)ncc2Cl)c[nH]1)c1cccc(Cl)c1. The normalized spacial score (nSPS) is 12.0. The van der Waals surface area contributed by atoms with Crippen LogP contribution in [0.15, 0.2) is 77.7 Å². The molecule has 5 N–H and O–H groups in total. The molecule has 0 radical (unpaired) electrons. The maximum absolute atomic E-state index is 12.9. The van der Waals surface area contributed by atoms with E-state index >= 15 is 0 Å².